The quantitative estimate of drug-likeness (QED) is 0.699. The van der Waals surface area contributed by atoms with E-state index in [0.717, 1.165) is 25.0 Å². The number of hydrogen-bond acceptors (Lipinski definition) is 2. The maximum Gasteiger partial charge on any atom is 0.123 e. The second-order valence-corrected chi connectivity index (χ2v) is 4.64. The van der Waals surface area contributed by atoms with Gasteiger partial charge in [0.25, 0.3) is 0 Å². The van der Waals surface area contributed by atoms with E-state index < -0.39 is 0 Å². The van der Waals surface area contributed by atoms with Crippen molar-refractivity contribution in [3.8, 4) is 5.75 Å². The van der Waals surface area contributed by atoms with Crippen molar-refractivity contribution < 1.29 is 4.74 Å². The molecule has 2 heteroatoms. The van der Waals surface area contributed by atoms with Gasteiger partial charge in [0, 0.05) is 17.6 Å². The van der Waals surface area contributed by atoms with Crippen LogP contribution in [0.2, 0.25) is 0 Å². The topological polar surface area (TPSA) is 21.3 Å². The molecule has 0 aliphatic heterocycles. The first-order valence-corrected chi connectivity index (χ1v) is 6.72. The molecule has 0 saturated heterocycles. The molecule has 100 valence electrons. The molecule has 1 aromatic rings. The van der Waals surface area contributed by atoms with Crippen LogP contribution in [0.25, 0.3) is 0 Å². The van der Waals surface area contributed by atoms with E-state index in [1.807, 2.05) is 18.2 Å². The van der Waals surface area contributed by atoms with Crippen molar-refractivity contribution in [3.05, 3.63) is 42.5 Å². The van der Waals surface area contributed by atoms with Gasteiger partial charge in [0.05, 0.1) is 7.11 Å². The summed E-state index contributed by atoms with van der Waals surface area (Å²) >= 11 is 0. The molecule has 0 fully saturated rings. The average molecular weight is 247 g/mol. The third kappa shape index (κ3) is 4.19. The lowest BCUT2D eigenvalue weighted by Crippen LogP contribution is -2.30. The monoisotopic (exact) mass is 247 g/mol. The van der Waals surface area contributed by atoms with Gasteiger partial charge in [-0.2, -0.15) is 0 Å². The minimum atomic E-state index is 0.348. The molecule has 0 radical (unpaired) electrons. The van der Waals surface area contributed by atoms with Crippen molar-refractivity contribution in [3.63, 3.8) is 0 Å². The van der Waals surface area contributed by atoms with E-state index in [-0.39, 0.29) is 0 Å². The minimum absolute atomic E-state index is 0.348. The van der Waals surface area contributed by atoms with Crippen LogP contribution in [0.4, 0.5) is 0 Å². The summed E-state index contributed by atoms with van der Waals surface area (Å²) in [5.41, 5.74) is 1.24. The molecule has 18 heavy (non-hydrogen) atoms. The standard InChI is InChI=1S/C16H25NO/c1-5-7-10-13(3)17-15(6-2)14-11-8-9-12-16(14)18-4/h5,8-9,11-13,15,17H,1,6-7,10H2,2-4H3. The SMILES string of the molecule is C=CCCC(C)NC(CC)c1ccccc1OC. The summed E-state index contributed by atoms with van der Waals surface area (Å²) in [5.74, 6) is 0.966. The summed E-state index contributed by atoms with van der Waals surface area (Å²) in [5, 5.41) is 3.66. The molecule has 0 bridgehead atoms. The molecule has 1 rings (SSSR count). The molecule has 1 aromatic carbocycles. The fourth-order valence-corrected chi connectivity index (χ4v) is 2.18. The lowest BCUT2D eigenvalue weighted by atomic mass is 10.0. The van der Waals surface area contributed by atoms with Gasteiger partial charge in [-0.3, -0.25) is 0 Å². The van der Waals surface area contributed by atoms with Gasteiger partial charge in [0.1, 0.15) is 5.75 Å². The second-order valence-electron chi connectivity index (χ2n) is 4.64. The number of benzene rings is 1. The molecule has 0 heterocycles. The number of ether oxygens (including phenoxy) is 1. The highest BCUT2D eigenvalue weighted by molar-refractivity contribution is 5.35. The number of nitrogens with one attached hydrogen (secondary N) is 1. The van der Waals surface area contributed by atoms with E-state index in [1.165, 1.54) is 5.56 Å². The summed E-state index contributed by atoms with van der Waals surface area (Å²) in [7, 11) is 1.73. The van der Waals surface area contributed by atoms with Gasteiger partial charge in [-0.1, -0.05) is 31.2 Å². The molecular formula is C16H25NO. The number of para-hydroxylation sites is 1. The van der Waals surface area contributed by atoms with Crippen molar-refractivity contribution in [2.75, 3.05) is 7.11 Å². The first-order chi connectivity index (χ1) is 8.72. The molecule has 0 spiro atoms. The van der Waals surface area contributed by atoms with Crippen LogP contribution in [0.15, 0.2) is 36.9 Å². The third-order valence-corrected chi connectivity index (χ3v) is 3.21. The van der Waals surface area contributed by atoms with Gasteiger partial charge in [0.2, 0.25) is 0 Å². The largest absolute Gasteiger partial charge is 0.496 e. The van der Waals surface area contributed by atoms with E-state index in [2.05, 4.69) is 37.9 Å². The molecule has 0 aromatic heterocycles. The number of methoxy groups -OCH3 is 1. The molecule has 2 nitrogen and oxygen atoms in total. The summed E-state index contributed by atoms with van der Waals surface area (Å²) in [6.07, 6.45) is 5.20. The maximum atomic E-state index is 5.43. The van der Waals surface area contributed by atoms with Gasteiger partial charge < -0.3 is 10.1 Å². The summed E-state index contributed by atoms with van der Waals surface area (Å²) in [6, 6.07) is 9.07. The highest BCUT2D eigenvalue weighted by Crippen LogP contribution is 2.27. The zero-order valence-electron chi connectivity index (χ0n) is 11.8. The fraction of sp³-hybridized carbons (Fsp3) is 0.500. The second kappa shape index (κ2) is 7.93. The van der Waals surface area contributed by atoms with Crippen molar-refractivity contribution in [2.24, 2.45) is 0 Å². The van der Waals surface area contributed by atoms with Gasteiger partial charge in [0.15, 0.2) is 0 Å². The Kier molecular flexibility index (Phi) is 6.51. The zero-order chi connectivity index (χ0) is 13.4. The predicted molar refractivity (Wildman–Crippen MR) is 78.1 cm³/mol. The van der Waals surface area contributed by atoms with Crippen molar-refractivity contribution in [1.29, 1.82) is 0 Å². The number of hydrogen-bond donors (Lipinski definition) is 1. The Bertz CT molecular complexity index is 362. The Morgan fingerprint density at radius 2 is 2.11 bits per heavy atom. The van der Waals surface area contributed by atoms with Crippen LogP contribution in [0.5, 0.6) is 5.75 Å². The fourth-order valence-electron chi connectivity index (χ4n) is 2.18. The third-order valence-electron chi connectivity index (χ3n) is 3.21. The van der Waals surface area contributed by atoms with Gasteiger partial charge in [-0.15, -0.1) is 6.58 Å². The van der Waals surface area contributed by atoms with Crippen LogP contribution < -0.4 is 10.1 Å². The van der Waals surface area contributed by atoms with Gasteiger partial charge in [-0.25, -0.2) is 0 Å². The number of rotatable bonds is 8. The van der Waals surface area contributed by atoms with Crippen molar-refractivity contribution >= 4 is 0 Å². The molecule has 0 aliphatic carbocycles. The Balaban J connectivity index is 2.73. The average Bonchev–Trinajstić information content (AvgIpc) is 2.42. The molecule has 2 atom stereocenters. The van der Waals surface area contributed by atoms with Crippen LogP contribution in [0.3, 0.4) is 0 Å². The van der Waals surface area contributed by atoms with E-state index >= 15 is 0 Å². The zero-order valence-corrected chi connectivity index (χ0v) is 11.8. The van der Waals surface area contributed by atoms with Crippen LogP contribution in [0.1, 0.15) is 44.7 Å². The summed E-state index contributed by atoms with van der Waals surface area (Å²) < 4.78 is 5.43. The predicted octanol–water partition coefficient (Wildman–Crippen LogP) is 4.09. The van der Waals surface area contributed by atoms with Crippen LogP contribution in [0, 0.1) is 0 Å². The van der Waals surface area contributed by atoms with E-state index in [1.54, 1.807) is 7.11 Å². The van der Waals surface area contributed by atoms with Crippen LogP contribution in [-0.4, -0.2) is 13.2 Å². The molecular weight excluding hydrogens is 222 g/mol. The Labute approximate surface area is 111 Å². The van der Waals surface area contributed by atoms with Crippen molar-refractivity contribution in [1.82, 2.24) is 5.32 Å². The highest BCUT2D eigenvalue weighted by atomic mass is 16.5. The Morgan fingerprint density at radius 3 is 2.72 bits per heavy atom. The minimum Gasteiger partial charge on any atom is -0.496 e. The lowest BCUT2D eigenvalue weighted by Gasteiger charge is -2.24. The molecule has 1 N–H and O–H groups in total. The van der Waals surface area contributed by atoms with E-state index in [0.29, 0.717) is 12.1 Å². The lowest BCUT2D eigenvalue weighted by molar-refractivity contribution is 0.382. The van der Waals surface area contributed by atoms with Crippen molar-refractivity contribution in [2.45, 2.75) is 45.2 Å². The summed E-state index contributed by atoms with van der Waals surface area (Å²) in [4.78, 5) is 0. The first-order valence-electron chi connectivity index (χ1n) is 6.72. The smallest absolute Gasteiger partial charge is 0.123 e. The van der Waals surface area contributed by atoms with Gasteiger partial charge >= 0.3 is 0 Å². The highest BCUT2D eigenvalue weighted by Gasteiger charge is 2.15. The van der Waals surface area contributed by atoms with E-state index in [4.69, 9.17) is 4.74 Å². The Hall–Kier alpha value is -1.28. The Morgan fingerprint density at radius 1 is 1.39 bits per heavy atom. The van der Waals surface area contributed by atoms with Crippen LogP contribution >= 0.6 is 0 Å². The van der Waals surface area contributed by atoms with E-state index in [9.17, 15) is 0 Å². The maximum absolute atomic E-state index is 5.43. The summed E-state index contributed by atoms with van der Waals surface area (Å²) in [6.45, 7) is 8.19. The molecule has 2 unspecified atom stereocenters. The first kappa shape index (κ1) is 14.8. The van der Waals surface area contributed by atoms with Gasteiger partial charge in [-0.05, 0) is 32.3 Å². The van der Waals surface area contributed by atoms with Crippen LogP contribution in [-0.2, 0) is 0 Å². The molecule has 0 aliphatic rings. The number of allylic oxidation sites excluding steroid dienone is 1. The molecule has 0 amide bonds. The molecule has 0 saturated carbocycles. The normalized spacial score (nSPS) is 13.9.